The van der Waals surface area contributed by atoms with Gasteiger partial charge >= 0.3 is 17.1 Å². The van der Waals surface area contributed by atoms with Gasteiger partial charge in [0.1, 0.15) is 0 Å². The van der Waals surface area contributed by atoms with E-state index in [9.17, 15) is 0 Å². The zero-order chi connectivity index (χ0) is 13.7. The summed E-state index contributed by atoms with van der Waals surface area (Å²) < 4.78 is 18.1. The second-order valence-electron chi connectivity index (χ2n) is 5.95. The van der Waals surface area contributed by atoms with Crippen LogP contribution >= 0.6 is 0 Å². The van der Waals surface area contributed by atoms with E-state index in [-0.39, 0.29) is 0 Å². The first-order valence-electron chi connectivity index (χ1n) is 6.19. The number of hydrogen-bond donors (Lipinski definition) is 1. The van der Waals surface area contributed by atoms with Crippen LogP contribution in [0.3, 0.4) is 0 Å². The quantitative estimate of drug-likeness (QED) is 0.699. The Morgan fingerprint density at radius 2 is 1.47 bits per heavy atom. The standard InChI is InChI=1S/C10H29NO3Si3/c1-12-16(5,6)14-17(7,10-8-9-11)13-15(2,3)4/h8-11H2,1-7H3. The van der Waals surface area contributed by atoms with Gasteiger partial charge in [-0.05, 0) is 58.3 Å². The van der Waals surface area contributed by atoms with E-state index < -0.39 is 25.4 Å². The summed E-state index contributed by atoms with van der Waals surface area (Å²) in [5.74, 6) is 0. The van der Waals surface area contributed by atoms with Crippen molar-refractivity contribution in [2.45, 2.75) is 51.7 Å². The lowest BCUT2D eigenvalue weighted by Crippen LogP contribution is -2.54. The zero-order valence-electron chi connectivity index (χ0n) is 12.4. The summed E-state index contributed by atoms with van der Waals surface area (Å²) in [6.45, 7) is 13.6. The topological polar surface area (TPSA) is 53.7 Å². The van der Waals surface area contributed by atoms with E-state index >= 15 is 0 Å². The molecule has 0 spiro atoms. The van der Waals surface area contributed by atoms with Gasteiger partial charge < -0.3 is 18.4 Å². The fourth-order valence-electron chi connectivity index (χ4n) is 1.76. The minimum Gasteiger partial charge on any atom is -0.437 e. The van der Waals surface area contributed by atoms with Crippen LogP contribution in [0.5, 0.6) is 0 Å². The Kier molecular flexibility index (Phi) is 6.79. The Balaban J connectivity index is 4.72. The van der Waals surface area contributed by atoms with Gasteiger partial charge in [-0.2, -0.15) is 0 Å². The van der Waals surface area contributed by atoms with Crippen molar-refractivity contribution in [1.29, 1.82) is 0 Å². The number of nitrogens with two attached hydrogens (primary N) is 1. The summed E-state index contributed by atoms with van der Waals surface area (Å²) in [5, 5.41) is 0. The third kappa shape index (κ3) is 8.25. The van der Waals surface area contributed by atoms with Gasteiger partial charge in [0.15, 0.2) is 8.32 Å². The van der Waals surface area contributed by atoms with Crippen molar-refractivity contribution in [2.24, 2.45) is 5.73 Å². The Morgan fingerprint density at radius 3 is 1.82 bits per heavy atom. The average Bonchev–Trinajstić information content (AvgIpc) is 2.11. The molecule has 0 amide bonds. The Bertz CT molecular complexity index is 233. The van der Waals surface area contributed by atoms with Gasteiger partial charge in [-0.1, -0.05) is 0 Å². The van der Waals surface area contributed by atoms with Crippen LogP contribution in [-0.4, -0.2) is 39.1 Å². The van der Waals surface area contributed by atoms with Gasteiger partial charge in [-0.15, -0.1) is 0 Å². The summed E-state index contributed by atoms with van der Waals surface area (Å²) in [6, 6.07) is 0.952. The van der Waals surface area contributed by atoms with Crippen LogP contribution in [0.2, 0.25) is 45.3 Å². The minimum absolute atomic E-state index is 0.690. The average molecular weight is 296 g/mol. The molecule has 0 aliphatic rings. The first-order valence-corrected chi connectivity index (χ1v) is 14.9. The molecule has 0 aromatic carbocycles. The maximum absolute atomic E-state index is 6.32. The molecular weight excluding hydrogens is 266 g/mol. The Hall–Kier alpha value is 0.491. The van der Waals surface area contributed by atoms with Crippen LogP contribution in [0.25, 0.3) is 0 Å². The molecular formula is C10H29NO3Si3. The molecule has 0 aliphatic carbocycles. The van der Waals surface area contributed by atoms with E-state index in [2.05, 4.69) is 39.3 Å². The van der Waals surface area contributed by atoms with E-state index in [1.807, 2.05) is 0 Å². The Morgan fingerprint density at radius 1 is 0.941 bits per heavy atom. The zero-order valence-corrected chi connectivity index (χ0v) is 15.4. The van der Waals surface area contributed by atoms with Crippen LogP contribution in [-0.2, 0) is 12.7 Å². The summed E-state index contributed by atoms with van der Waals surface area (Å²) in [5.41, 5.74) is 5.60. The molecule has 104 valence electrons. The van der Waals surface area contributed by atoms with Crippen molar-refractivity contribution in [2.75, 3.05) is 13.7 Å². The summed E-state index contributed by atoms with van der Waals surface area (Å²) >= 11 is 0. The second kappa shape index (κ2) is 6.60. The lowest BCUT2D eigenvalue weighted by Gasteiger charge is -2.38. The lowest BCUT2D eigenvalue weighted by molar-refractivity contribution is 0.275. The van der Waals surface area contributed by atoms with E-state index in [1.165, 1.54) is 0 Å². The van der Waals surface area contributed by atoms with Crippen LogP contribution in [0.15, 0.2) is 0 Å². The van der Waals surface area contributed by atoms with Crippen LogP contribution in [0.4, 0.5) is 0 Å². The molecule has 1 unspecified atom stereocenters. The van der Waals surface area contributed by atoms with Crippen molar-refractivity contribution >= 4 is 25.4 Å². The molecule has 1 atom stereocenters. The molecule has 0 heterocycles. The van der Waals surface area contributed by atoms with Gasteiger partial charge in [0.2, 0.25) is 0 Å². The highest BCUT2D eigenvalue weighted by Gasteiger charge is 2.41. The summed E-state index contributed by atoms with van der Waals surface area (Å²) in [4.78, 5) is 0. The molecule has 0 fully saturated rings. The highest BCUT2D eigenvalue weighted by atomic mass is 28.5. The van der Waals surface area contributed by atoms with E-state index in [0.717, 1.165) is 12.5 Å². The van der Waals surface area contributed by atoms with Crippen LogP contribution in [0, 0.1) is 0 Å². The molecule has 0 radical (unpaired) electrons. The normalized spacial score (nSPS) is 16.9. The molecule has 0 aliphatic heterocycles. The molecule has 0 bridgehead atoms. The van der Waals surface area contributed by atoms with Crippen molar-refractivity contribution in [3.05, 3.63) is 0 Å². The molecule has 0 rings (SSSR count). The highest BCUT2D eigenvalue weighted by Crippen LogP contribution is 2.25. The highest BCUT2D eigenvalue weighted by molar-refractivity contribution is 6.86. The molecule has 0 saturated carbocycles. The minimum atomic E-state index is -2.14. The first-order chi connectivity index (χ1) is 7.54. The van der Waals surface area contributed by atoms with Crippen molar-refractivity contribution in [1.82, 2.24) is 0 Å². The van der Waals surface area contributed by atoms with Gasteiger partial charge in [-0.3, -0.25) is 0 Å². The fraction of sp³-hybridized carbons (Fsp3) is 1.00. The number of rotatable bonds is 8. The first kappa shape index (κ1) is 17.5. The predicted octanol–water partition coefficient (Wildman–Crippen LogP) is 2.62. The molecule has 7 heteroatoms. The van der Waals surface area contributed by atoms with Gasteiger partial charge in [0.25, 0.3) is 0 Å². The summed E-state index contributed by atoms with van der Waals surface area (Å²) in [6.07, 6.45) is 0.960. The van der Waals surface area contributed by atoms with Gasteiger partial charge in [0.05, 0.1) is 0 Å². The number of hydrogen-bond acceptors (Lipinski definition) is 4. The molecule has 2 N–H and O–H groups in total. The van der Waals surface area contributed by atoms with E-state index in [1.54, 1.807) is 7.11 Å². The van der Waals surface area contributed by atoms with Crippen molar-refractivity contribution in [3.63, 3.8) is 0 Å². The van der Waals surface area contributed by atoms with Crippen LogP contribution in [0.1, 0.15) is 6.42 Å². The molecule has 0 saturated heterocycles. The molecule has 4 nitrogen and oxygen atoms in total. The largest absolute Gasteiger partial charge is 0.437 e. The molecule has 17 heavy (non-hydrogen) atoms. The maximum atomic E-state index is 6.32. The van der Waals surface area contributed by atoms with Crippen molar-refractivity contribution < 1.29 is 12.7 Å². The van der Waals surface area contributed by atoms with Crippen molar-refractivity contribution in [3.8, 4) is 0 Å². The van der Waals surface area contributed by atoms with Gasteiger partial charge in [0, 0.05) is 7.11 Å². The molecule has 0 aromatic heterocycles. The third-order valence-electron chi connectivity index (χ3n) is 2.31. The van der Waals surface area contributed by atoms with Gasteiger partial charge in [-0.25, -0.2) is 0 Å². The van der Waals surface area contributed by atoms with Crippen LogP contribution < -0.4 is 5.73 Å². The van der Waals surface area contributed by atoms with E-state index in [0.29, 0.717) is 6.54 Å². The third-order valence-corrected chi connectivity index (χ3v) is 12.4. The van der Waals surface area contributed by atoms with E-state index in [4.69, 9.17) is 18.4 Å². The SMILES string of the molecule is CO[Si](C)(C)O[Si](C)(CCCN)O[Si](C)(C)C. The Labute approximate surface area is 109 Å². The molecule has 0 aromatic rings. The predicted molar refractivity (Wildman–Crippen MR) is 80.1 cm³/mol. The maximum Gasteiger partial charge on any atom is 0.322 e. The lowest BCUT2D eigenvalue weighted by atomic mass is 10.5. The summed E-state index contributed by atoms with van der Waals surface area (Å²) in [7, 11) is -4.06. The smallest absolute Gasteiger partial charge is 0.322 e. The second-order valence-corrected chi connectivity index (χ2v) is 17.8. The fourth-order valence-corrected chi connectivity index (χ4v) is 13.6. The monoisotopic (exact) mass is 295 g/mol.